The van der Waals surface area contributed by atoms with E-state index in [1.807, 2.05) is 16.8 Å². The summed E-state index contributed by atoms with van der Waals surface area (Å²) in [6, 6.07) is 4.70. The van der Waals surface area contributed by atoms with E-state index >= 15 is 0 Å². The zero-order valence-electron chi connectivity index (χ0n) is 13.1. The highest BCUT2D eigenvalue weighted by atomic mass is 35.5. The average molecular weight is 419 g/mol. The van der Waals surface area contributed by atoms with E-state index in [1.54, 1.807) is 0 Å². The highest BCUT2D eigenvalue weighted by molar-refractivity contribution is 7.08. The van der Waals surface area contributed by atoms with E-state index in [9.17, 15) is 8.78 Å². The maximum absolute atomic E-state index is 12.5. The third kappa shape index (κ3) is 4.14. The maximum Gasteiger partial charge on any atom is 0.387 e. The second kappa shape index (κ2) is 8.03. The van der Waals surface area contributed by atoms with E-state index in [-0.39, 0.29) is 27.4 Å². The number of alkyl halides is 2. The number of ether oxygens (including phenoxy) is 2. The lowest BCUT2D eigenvalue weighted by molar-refractivity contribution is -0.0511. The van der Waals surface area contributed by atoms with Crippen LogP contribution in [0.4, 0.5) is 8.78 Å². The summed E-state index contributed by atoms with van der Waals surface area (Å²) in [5.41, 5.74) is 1.29. The van der Waals surface area contributed by atoms with E-state index in [0.29, 0.717) is 11.4 Å². The van der Waals surface area contributed by atoms with Crippen LogP contribution in [0.3, 0.4) is 0 Å². The van der Waals surface area contributed by atoms with Gasteiger partial charge in [-0.05, 0) is 35.2 Å². The molecule has 0 radical (unpaired) electrons. The largest absolute Gasteiger partial charge is 0.493 e. The molecule has 0 aliphatic heterocycles. The van der Waals surface area contributed by atoms with Gasteiger partial charge in [0.15, 0.2) is 11.5 Å². The highest BCUT2D eigenvalue weighted by Crippen LogP contribution is 2.38. The van der Waals surface area contributed by atoms with Crippen LogP contribution in [0.15, 0.2) is 33.5 Å². The first kappa shape index (κ1) is 18.6. The SMILES string of the molecule is COc1cc(/C=C(\Cl)c2nc(-c3ccsc3)no2)cc(Cl)c1OC(F)F. The standard InChI is InChI=1S/C16H10Cl2F2N2O3S/c1-23-12-6-8(4-10(17)13(12)24-16(19)20)5-11(18)15-21-14(22-25-15)9-2-3-26-7-9/h2-7,16H,1H3/b11-5-. The summed E-state index contributed by atoms with van der Waals surface area (Å²) in [5, 5.41) is 7.72. The normalized spacial score (nSPS) is 11.8. The van der Waals surface area contributed by atoms with Gasteiger partial charge >= 0.3 is 6.61 Å². The fraction of sp³-hybridized carbons (Fsp3) is 0.125. The van der Waals surface area contributed by atoms with Gasteiger partial charge in [0.1, 0.15) is 5.03 Å². The lowest BCUT2D eigenvalue weighted by atomic mass is 10.2. The molecule has 2 heterocycles. The smallest absolute Gasteiger partial charge is 0.387 e. The number of nitrogens with zero attached hydrogens (tertiary/aromatic N) is 2. The molecule has 136 valence electrons. The molecule has 0 saturated carbocycles. The number of hydrogen-bond acceptors (Lipinski definition) is 6. The van der Waals surface area contributed by atoms with E-state index in [1.165, 1.54) is 36.7 Å². The number of halogens is 4. The topological polar surface area (TPSA) is 57.4 Å². The molecule has 0 bridgehead atoms. The van der Waals surface area contributed by atoms with Crippen molar-refractivity contribution < 1.29 is 22.8 Å². The van der Waals surface area contributed by atoms with Gasteiger partial charge in [-0.1, -0.05) is 28.4 Å². The van der Waals surface area contributed by atoms with Crippen molar-refractivity contribution in [3.05, 3.63) is 45.4 Å². The van der Waals surface area contributed by atoms with Crippen LogP contribution in [-0.4, -0.2) is 23.9 Å². The van der Waals surface area contributed by atoms with Crippen LogP contribution >= 0.6 is 34.5 Å². The van der Waals surface area contributed by atoms with Crippen molar-refractivity contribution >= 4 is 45.6 Å². The second-order valence-corrected chi connectivity index (χ2v) is 6.43. The van der Waals surface area contributed by atoms with Crippen LogP contribution in [0, 0.1) is 0 Å². The molecule has 0 amide bonds. The summed E-state index contributed by atoms with van der Waals surface area (Å²) in [4.78, 5) is 4.21. The van der Waals surface area contributed by atoms with E-state index in [0.717, 1.165) is 5.56 Å². The molecule has 0 N–H and O–H groups in total. The van der Waals surface area contributed by atoms with Crippen molar-refractivity contribution in [2.75, 3.05) is 7.11 Å². The van der Waals surface area contributed by atoms with Crippen molar-refractivity contribution in [3.63, 3.8) is 0 Å². The molecule has 1 aromatic carbocycles. The Morgan fingerprint density at radius 3 is 2.85 bits per heavy atom. The third-order valence-electron chi connectivity index (χ3n) is 3.16. The number of hydrogen-bond donors (Lipinski definition) is 0. The first-order valence-corrected chi connectivity index (χ1v) is 8.74. The van der Waals surface area contributed by atoms with Crippen LogP contribution in [-0.2, 0) is 0 Å². The average Bonchev–Trinajstić information content (AvgIpc) is 3.27. The van der Waals surface area contributed by atoms with Crippen molar-refractivity contribution in [2.24, 2.45) is 0 Å². The Balaban J connectivity index is 1.90. The molecule has 0 saturated heterocycles. The zero-order valence-corrected chi connectivity index (χ0v) is 15.4. The Labute approximate surface area is 160 Å². The lowest BCUT2D eigenvalue weighted by Gasteiger charge is -2.12. The number of aromatic nitrogens is 2. The molecule has 0 unspecified atom stereocenters. The van der Waals surface area contributed by atoms with Crippen molar-refractivity contribution in [2.45, 2.75) is 6.61 Å². The van der Waals surface area contributed by atoms with Gasteiger partial charge in [-0.15, -0.1) is 0 Å². The molecule has 2 aromatic heterocycles. The minimum atomic E-state index is -3.03. The fourth-order valence-electron chi connectivity index (χ4n) is 2.06. The van der Waals surface area contributed by atoms with Crippen LogP contribution in [0.5, 0.6) is 11.5 Å². The van der Waals surface area contributed by atoms with Crippen molar-refractivity contribution in [1.29, 1.82) is 0 Å². The summed E-state index contributed by atoms with van der Waals surface area (Å²) in [5.74, 6) is 0.299. The van der Waals surface area contributed by atoms with Gasteiger partial charge in [0, 0.05) is 10.9 Å². The second-order valence-electron chi connectivity index (χ2n) is 4.84. The third-order valence-corrected chi connectivity index (χ3v) is 4.40. The summed E-state index contributed by atoms with van der Waals surface area (Å²) < 4.78 is 39.5. The van der Waals surface area contributed by atoms with Crippen LogP contribution < -0.4 is 9.47 Å². The number of rotatable bonds is 6. The molecule has 0 spiro atoms. The Morgan fingerprint density at radius 2 is 2.19 bits per heavy atom. The molecule has 26 heavy (non-hydrogen) atoms. The molecule has 0 aliphatic rings. The van der Waals surface area contributed by atoms with E-state index < -0.39 is 6.61 Å². The first-order valence-electron chi connectivity index (χ1n) is 7.04. The van der Waals surface area contributed by atoms with Gasteiger partial charge in [0.05, 0.1) is 12.1 Å². The minimum absolute atomic E-state index is 0.0398. The predicted octanol–water partition coefficient (Wildman–Crippen LogP) is 5.80. The maximum atomic E-state index is 12.5. The molecule has 0 fully saturated rings. The molecular weight excluding hydrogens is 409 g/mol. The van der Waals surface area contributed by atoms with Gasteiger partial charge in [-0.2, -0.15) is 25.1 Å². The van der Waals surface area contributed by atoms with Crippen molar-refractivity contribution in [1.82, 2.24) is 10.1 Å². The van der Waals surface area contributed by atoms with Crippen LogP contribution in [0.2, 0.25) is 5.02 Å². The number of benzene rings is 1. The monoisotopic (exact) mass is 418 g/mol. The molecule has 10 heteroatoms. The summed E-state index contributed by atoms with van der Waals surface area (Å²) in [6.07, 6.45) is 1.49. The molecule has 0 aliphatic carbocycles. The van der Waals surface area contributed by atoms with Gasteiger partial charge in [-0.3, -0.25) is 0 Å². The zero-order chi connectivity index (χ0) is 18.7. The fourth-order valence-corrected chi connectivity index (χ4v) is 3.16. The van der Waals surface area contributed by atoms with Gasteiger partial charge in [0.2, 0.25) is 5.82 Å². The molecule has 3 aromatic rings. The number of thiophene rings is 1. The Morgan fingerprint density at radius 1 is 1.38 bits per heavy atom. The Bertz CT molecular complexity index is 930. The van der Waals surface area contributed by atoms with Crippen LogP contribution in [0.25, 0.3) is 22.5 Å². The summed E-state index contributed by atoms with van der Waals surface area (Å²) in [7, 11) is 1.31. The van der Waals surface area contributed by atoms with Crippen LogP contribution in [0.1, 0.15) is 11.5 Å². The van der Waals surface area contributed by atoms with Gasteiger partial charge < -0.3 is 14.0 Å². The first-order chi connectivity index (χ1) is 12.5. The van der Waals surface area contributed by atoms with E-state index in [4.69, 9.17) is 32.5 Å². The lowest BCUT2D eigenvalue weighted by Crippen LogP contribution is -2.04. The summed E-state index contributed by atoms with van der Waals surface area (Å²) in [6.45, 7) is -3.03. The molecule has 5 nitrogen and oxygen atoms in total. The predicted molar refractivity (Wildman–Crippen MR) is 96.0 cm³/mol. The Kier molecular flexibility index (Phi) is 5.75. The Hall–Kier alpha value is -2.16. The van der Waals surface area contributed by atoms with Gasteiger partial charge in [-0.25, -0.2) is 0 Å². The van der Waals surface area contributed by atoms with Crippen molar-refractivity contribution in [3.8, 4) is 22.9 Å². The van der Waals surface area contributed by atoms with Gasteiger partial charge in [0.25, 0.3) is 5.89 Å². The number of methoxy groups -OCH3 is 1. The highest BCUT2D eigenvalue weighted by Gasteiger charge is 2.17. The molecular formula is C16H10Cl2F2N2O3S. The molecule has 0 atom stereocenters. The van der Waals surface area contributed by atoms with E-state index in [2.05, 4.69) is 14.9 Å². The molecule has 3 rings (SSSR count). The summed E-state index contributed by atoms with van der Waals surface area (Å²) >= 11 is 13.7. The minimum Gasteiger partial charge on any atom is -0.493 e. The quantitative estimate of drug-likeness (QED) is 0.506.